The van der Waals surface area contributed by atoms with Crippen LogP contribution in [0.1, 0.15) is 57.8 Å². The molecule has 0 aliphatic carbocycles. The molecule has 0 saturated heterocycles. The largest absolute Gasteiger partial charge is 0.481 e. The number of hydrogen-bond donors (Lipinski definition) is 1. The molecule has 0 atom stereocenters. The first kappa shape index (κ1) is 18.4. The third kappa shape index (κ3) is 11.6. The Hall–Kier alpha value is -0.680. The van der Waals surface area contributed by atoms with Gasteiger partial charge in [0.25, 0.3) is 0 Å². The Kier molecular flexibility index (Phi) is 11.4. The zero-order chi connectivity index (χ0) is 15.2. The maximum Gasteiger partial charge on any atom is 0.303 e. The molecule has 0 radical (unpaired) electrons. The van der Waals surface area contributed by atoms with Gasteiger partial charge in [-0.25, -0.2) is 0 Å². The van der Waals surface area contributed by atoms with Crippen LogP contribution in [0.4, 0.5) is 0 Å². The molecule has 118 valence electrons. The van der Waals surface area contributed by atoms with Crippen molar-refractivity contribution in [3.05, 3.63) is 24.5 Å². The summed E-state index contributed by atoms with van der Waals surface area (Å²) in [6.45, 7) is 0. The summed E-state index contributed by atoms with van der Waals surface area (Å²) >= 11 is 0. The number of rotatable bonds is 13. The van der Waals surface area contributed by atoms with Crippen molar-refractivity contribution in [2.45, 2.75) is 62.7 Å². The molecule has 3 nitrogen and oxygen atoms in total. The van der Waals surface area contributed by atoms with E-state index in [2.05, 4.69) is 11.1 Å². The van der Waals surface area contributed by atoms with Crippen LogP contribution in [-0.2, 0) is 4.79 Å². The second-order valence-electron chi connectivity index (χ2n) is 5.07. The van der Waals surface area contributed by atoms with Crippen molar-refractivity contribution in [2.24, 2.45) is 0 Å². The Balaban J connectivity index is 1.78. The summed E-state index contributed by atoms with van der Waals surface area (Å²) in [7, 11) is 3.71. The van der Waals surface area contributed by atoms with Gasteiger partial charge in [-0.2, -0.15) is 0 Å². The van der Waals surface area contributed by atoms with Crippen molar-refractivity contribution in [1.29, 1.82) is 0 Å². The van der Waals surface area contributed by atoms with Crippen molar-refractivity contribution < 1.29 is 9.90 Å². The molecule has 21 heavy (non-hydrogen) atoms. The monoisotopic (exact) mass is 327 g/mol. The smallest absolute Gasteiger partial charge is 0.303 e. The molecule has 0 fully saturated rings. The Morgan fingerprint density at radius 2 is 1.71 bits per heavy atom. The van der Waals surface area contributed by atoms with Gasteiger partial charge >= 0.3 is 5.97 Å². The van der Waals surface area contributed by atoms with Crippen molar-refractivity contribution >= 4 is 27.6 Å². The van der Waals surface area contributed by atoms with Gasteiger partial charge in [0.15, 0.2) is 0 Å². The van der Waals surface area contributed by atoms with Crippen LogP contribution < -0.4 is 0 Å². The second-order valence-corrected chi connectivity index (χ2v) is 7.56. The number of unbranched alkanes of at least 4 members (excludes halogenated alkanes) is 7. The summed E-state index contributed by atoms with van der Waals surface area (Å²) in [5, 5.41) is 8.52. The van der Waals surface area contributed by atoms with E-state index in [4.69, 9.17) is 5.11 Å². The Morgan fingerprint density at radius 3 is 2.33 bits per heavy atom. The van der Waals surface area contributed by atoms with Crippen LogP contribution in [0.3, 0.4) is 0 Å². The Labute approximate surface area is 135 Å². The lowest BCUT2D eigenvalue weighted by atomic mass is 10.1. The van der Waals surface area contributed by atoms with Crippen LogP contribution in [0, 0.1) is 0 Å². The molecule has 0 aliphatic rings. The molecule has 1 N–H and O–H groups in total. The van der Waals surface area contributed by atoms with Crippen LogP contribution in [0.5, 0.6) is 0 Å². The summed E-state index contributed by atoms with van der Waals surface area (Å²) in [5.74, 6) is 0.523. The lowest BCUT2D eigenvalue weighted by Gasteiger charge is -2.02. The van der Waals surface area contributed by atoms with E-state index in [1.54, 1.807) is 17.0 Å². The van der Waals surface area contributed by atoms with Crippen molar-refractivity contribution in [3.63, 3.8) is 0 Å². The molecule has 0 bridgehead atoms. The van der Waals surface area contributed by atoms with Crippen molar-refractivity contribution in [1.82, 2.24) is 4.98 Å². The van der Waals surface area contributed by atoms with Gasteiger partial charge in [-0.3, -0.25) is 9.78 Å². The highest BCUT2D eigenvalue weighted by atomic mass is 33.1. The van der Waals surface area contributed by atoms with E-state index in [0.717, 1.165) is 12.8 Å². The molecule has 0 saturated carbocycles. The maximum atomic E-state index is 10.3. The maximum absolute atomic E-state index is 10.3. The van der Waals surface area contributed by atoms with E-state index < -0.39 is 5.97 Å². The minimum Gasteiger partial charge on any atom is -0.481 e. The summed E-state index contributed by atoms with van der Waals surface area (Å²) in [5.41, 5.74) is 0. The quantitative estimate of drug-likeness (QED) is 0.387. The molecule has 0 aliphatic heterocycles. The standard InChI is InChI=1S/C16H25NO2S2/c18-16(19)11-7-5-3-1-2-4-6-8-13-20-21-15-10-9-12-17-14-15/h9-10,12,14H,1-8,11,13H2,(H,18,19). The fourth-order valence-electron chi connectivity index (χ4n) is 2.00. The number of carbonyl (C=O) groups is 1. The topological polar surface area (TPSA) is 50.2 Å². The zero-order valence-electron chi connectivity index (χ0n) is 12.5. The molecule has 0 amide bonds. The van der Waals surface area contributed by atoms with E-state index in [1.807, 2.05) is 23.1 Å². The van der Waals surface area contributed by atoms with Crippen LogP contribution in [-0.4, -0.2) is 21.8 Å². The predicted molar refractivity (Wildman–Crippen MR) is 91.7 cm³/mol. The number of nitrogens with zero attached hydrogens (tertiary/aromatic N) is 1. The first-order valence-corrected chi connectivity index (χ1v) is 10.0. The van der Waals surface area contributed by atoms with Gasteiger partial charge in [0.2, 0.25) is 0 Å². The van der Waals surface area contributed by atoms with E-state index in [9.17, 15) is 4.79 Å². The zero-order valence-corrected chi connectivity index (χ0v) is 14.1. The van der Waals surface area contributed by atoms with Crippen LogP contribution in [0.25, 0.3) is 0 Å². The average molecular weight is 328 g/mol. The highest BCUT2D eigenvalue weighted by molar-refractivity contribution is 8.76. The molecule has 0 spiro atoms. The van der Waals surface area contributed by atoms with E-state index in [-0.39, 0.29) is 0 Å². The van der Waals surface area contributed by atoms with Crippen molar-refractivity contribution in [3.8, 4) is 0 Å². The highest BCUT2D eigenvalue weighted by Gasteiger charge is 1.97. The molecular formula is C16H25NO2S2. The third-order valence-corrected chi connectivity index (χ3v) is 5.60. The average Bonchev–Trinajstić information content (AvgIpc) is 2.49. The number of aliphatic carboxylic acids is 1. The lowest BCUT2D eigenvalue weighted by molar-refractivity contribution is -0.137. The normalized spacial score (nSPS) is 10.7. The Morgan fingerprint density at radius 1 is 1.05 bits per heavy atom. The van der Waals surface area contributed by atoms with Gasteiger partial charge in [-0.05, 0) is 25.0 Å². The summed E-state index contributed by atoms with van der Waals surface area (Å²) in [6.07, 6.45) is 13.5. The molecule has 1 heterocycles. The van der Waals surface area contributed by atoms with Gasteiger partial charge in [0, 0.05) is 29.5 Å². The van der Waals surface area contributed by atoms with Gasteiger partial charge in [-0.1, -0.05) is 60.1 Å². The lowest BCUT2D eigenvalue weighted by Crippen LogP contribution is -1.93. The van der Waals surface area contributed by atoms with Gasteiger partial charge in [0.05, 0.1) is 0 Å². The van der Waals surface area contributed by atoms with E-state index in [0.29, 0.717) is 6.42 Å². The number of pyridine rings is 1. The van der Waals surface area contributed by atoms with Gasteiger partial charge in [0.1, 0.15) is 0 Å². The van der Waals surface area contributed by atoms with E-state index in [1.165, 1.54) is 49.2 Å². The molecule has 0 aromatic carbocycles. The van der Waals surface area contributed by atoms with E-state index >= 15 is 0 Å². The summed E-state index contributed by atoms with van der Waals surface area (Å²) < 4.78 is 0. The fraction of sp³-hybridized carbons (Fsp3) is 0.625. The minimum atomic E-state index is -0.670. The van der Waals surface area contributed by atoms with Gasteiger partial charge < -0.3 is 5.11 Å². The molecule has 1 rings (SSSR count). The number of aromatic nitrogens is 1. The first-order chi connectivity index (χ1) is 10.3. The Bertz CT molecular complexity index is 374. The van der Waals surface area contributed by atoms with Crippen molar-refractivity contribution in [2.75, 3.05) is 5.75 Å². The number of carboxylic acid groups (broad SMARTS) is 1. The molecule has 1 aromatic heterocycles. The molecule has 5 heteroatoms. The molecule has 0 unspecified atom stereocenters. The summed E-state index contributed by atoms with van der Waals surface area (Å²) in [6, 6.07) is 4.06. The predicted octanol–water partition coefficient (Wildman–Crippen LogP) is 5.42. The first-order valence-electron chi connectivity index (χ1n) is 7.70. The van der Waals surface area contributed by atoms with Crippen LogP contribution in [0.15, 0.2) is 29.4 Å². The third-order valence-electron chi connectivity index (χ3n) is 3.16. The second kappa shape index (κ2) is 13.0. The molecular weight excluding hydrogens is 302 g/mol. The number of carboxylic acids is 1. The van der Waals surface area contributed by atoms with Crippen LogP contribution >= 0.6 is 21.6 Å². The number of hydrogen-bond acceptors (Lipinski definition) is 4. The summed E-state index contributed by atoms with van der Waals surface area (Å²) in [4.78, 5) is 15.7. The van der Waals surface area contributed by atoms with Gasteiger partial charge in [-0.15, -0.1) is 0 Å². The fourth-order valence-corrected chi connectivity index (χ4v) is 4.09. The minimum absolute atomic E-state index is 0.325. The SMILES string of the molecule is O=C(O)CCCCCCCCCCSSc1cccnc1. The highest BCUT2D eigenvalue weighted by Crippen LogP contribution is 2.30. The van der Waals surface area contributed by atoms with Crippen LogP contribution in [0.2, 0.25) is 0 Å². The molecule has 1 aromatic rings.